The standard InChI is InChI=1S/C40H43N5O3S3/c1-27(2)35-36(47)42-31(23-33(46)41-24-34-43-32(25-49-34)37-45-39(3,26-50-37)38(48)44-35)21-13-14-22-51-40(28-15-7-4-8-16-28,29-17-9-5-10-18-29)30-19-11-6-12-20-30/h4-13,15-21,25,27,31,35H,14,22-24,26H2,1-3H3,(H,41,46)(H,42,47)(H,44,48)/b21-13+/t31?,35?,39-/m0/s1. The summed E-state index contributed by atoms with van der Waals surface area (Å²) in [5, 5.41) is 12.4. The van der Waals surface area contributed by atoms with Crippen molar-refractivity contribution in [2.24, 2.45) is 10.9 Å². The van der Waals surface area contributed by atoms with E-state index in [1.54, 1.807) is 6.92 Å². The maximum atomic E-state index is 13.8. The predicted octanol–water partition coefficient (Wildman–Crippen LogP) is 6.71. The van der Waals surface area contributed by atoms with Crippen LogP contribution in [0.5, 0.6) is 0 Å². The van der Waals surface area contributed by atoms with E-state index in [1.807, 2.05) is 61.3 Å². The number of nitrogens with one attached hydrogen (secondary N) is 3. The first-order valence-corrected chi connectivity index (χ1v) is 20.1. The molecule has 2 unspecified atom stereocenters. The van der Waals surface area contributed by atoms with Gasteiger partial charge in [-0.1, -0.05) is 117 Å². The molecule has 0 saturated heterocycles. The zero-order valence-corrected chi connectivity index (χ0v) is 31.5. The van der Waals surface area contributed by atoms with Gasteiger partial charge >= 0.3 is 0 Å². The van der Waals surface area contributed by atoms with Gasteiger partial charge in [0.05, 0.1) is 23.8 Å². The minimum Gasteiger partial charge on any atom is -0.350 e. The fourth-order valence-electron chi connectivity index (χ4n) is 6.26. The highest BCUT2D eigenvalue weighted by Gasteiger charge is 2.41. The van der Waals surface area contributed by atoms with Gasteiger partial charge in [-0.05, 0) is 41.7 Å². The number of aromatic nitrogens is 1. The number of benzene rings is 3. The molecule has 0 aliphatic carbocycles. The second kappa shape index (κ2) is 16.4. The van der Waals surface area contributed by atoms with E-state index in [1.165, 1.54) is 39.8 Å². The van der Waals surface area contributed by atoms with E-state index in [-0.39, 0.29) is 36.6 Å². The molecule has 3 amide bonds. The maximum Gasteiger partial charge on any atom is 0.249 e. The first-order chi connectivity index (χ1) is 24.7. The van der Waals surface area contributed by atoms with Crippen LogP contribution in [0.15, 0.2) is 114 Å². The lowest BCUT2D eigenvalue weighted by Gasteiger charge is -2.35. The highest BCUT2D eigenvalue weighted by Crippen LogP contribution is 2.48. The van der Waals surface area contributed by atoms with E-state index in [4.69, 9.17) is 4.99 Å². The second-order valence-corrected chi connectivity index (χ2v) is 16.5. The average molecular weight is 738 g/mol. The monoisotopic (exact) mass is 737 g/mol. The van der Waals surface area contributed by atoms with Crippen molar-refractivity contribution >= 4 is 57.6 Å². The third-order valence-corrected chi connectivity index (χ3v) is 12.7. The van der Waals surface area contributed by atoms with Crippen LogP contribution in [0.4, 0.5) is 0 Å². The number of thioether (sulfide) groups is 2. The van der Waals surface area contributed by atoms with E-state index in [2.05, 4.69) is 93.7 Å². The van der Waals surface area contributed by atoms with Crippen LogP contribution in [0.3, 0.4) is 0 Å². The lowest BCUT2D eigenvalue weighted by molar-refractivity contribution is -0.132. The smallest absolute Gasteiger partial charge is 0.249 e. The molecule has 2 aliphatic rings. The number of thiazole rings is 1. The minimum absolute atomic E-state index is 0.0502. The Balaban J connectivity index is 1.23. The van der Waals surface area contributed by atoms with Gasteiger partial charge in [-0.2, -0.15) is 0 Å². The second-order valence-electron chi connectivity index (χ2n) is 13.2. The molecule has 0 spiro atoms. The number of hydrogen-bond donors (Lipinski definition) is 3. The molecule has 0 saturated carbocycles. The zero-order valence-electron chi connectivity index (χ0n) is 29.0. The fourth-order valence-corrected chi connectivity index (χ4v) is 9.66. The molecule has 264 valence electrons. The van der Waals surface area contributed by atoms with Gasteiger partial charge in [0.15, 0.2) is 0 Å². The quantitative estimate of drug-likeness (QED) is 0.100. The third kappa shape index (κ3) is 8.48. The molecular formula is C40H43N5O3S3. The zero-order chi connectivity index (χ0) is 35.8. The van der Waals surface area contributed by atoms with Crippen molar-refractivity contribution in [3.05, 3.63) is 136 Å². The molecule has 3 atom stereocenters. The van der Waals surface area contributed by atoms with Gasteiger partial charge < -0.3 is 16.0 Å². The number of fused-ring (bicyclic) bond motifs is 4. The summed E-state index contributed by atoms with van der Waals surface area (Å²) in [6.07, 6.45) is 4.70. The van der Waals surface area contributed by atoms with Crippen molar-refractivity contribution in [1.29, 1.82) is 0 Å². The molecule has 3 aromatic carbocycles. The largest absolute Gasteiger partial charge is 0.350 e. The summed E-state index contributed by atoms with van der Waals surface area (Å²) in [6.45, 7) is 5.86. The molecule has 11 heteroatoms. The molecule has 3 heterocycles. The van der Waals surface area contributed by atoms with Gasteiger partial charge in [0.25, 0.3) is 0 Å². The fraction of sp³-hybridized carbons (Fsp3) is 0.325. The number of amides is 3. The Kier molecular flexibility index (Phi) is 11.8. The van der Waals surface area contributed by atoms with Gasteiger partial charge in [-0.15, -0.1) is 34.9 Å². The Hall–Kier alpha value is -4.19. The molecule has 4 aromatic rings. The number of allylic oxidation sites excluding steroid dienone is 1. The molecule has 2 aliphatic heterocycles. The molecule has 4 bridgehead atoms. The first kappa shape index (κ1) is 36.6. The van der Waals surface area contributed by atoms with E-state index in [0.717, 1.165) is 10.8 Å². The average Bonchev–Trinajstić information content (AvgIpc) is 3.79. The normalized spacial score (nSPS) is 21.6. The number of rotatable bonds is 9. The van der Waals surface area contributed by atoms with E-state index >= 15 is 0 Å². The molecule has 0 fully saturated rings. The summed E-state index contributed by atoms with van der Waals surface area (Å²) >= 11 is 4.78. The molecule has 0 radical (unpaired) electrons. The van der Waals surface area contributed by atoms with Crippen LogP contribution in [0, 0.1) is 5.92 Å². The van der Waals surface area contributed by atoms with Crippen molar-refractivity contribution < 1.29 is 14.4 Å². The van der Waals surface area contributed by atoms with Crippen LogP contribution in [-0.2, 0) is 25.7 Å². The summed E-state index contributed by atoms with van der Waals surface area (Å²) in [6, 6.07) is 30.3. The summed E-state index contributed by atoms with van der Waals surface area (Å²) in [4.78, 5) is 50.0. The maximum absolute atomic E-state index is 13.8. The summed E-state index contributed by atoms with van der Waals surface area (Å²) in [5.41, 5.74) is 3.26. The van der Waals surface area contributed by atoms with E-state index in [0.29, 0.717) is 22.9 Å². The highest BCUT2D eigenvalue weighted by molar-refractivity contribution is 8.14. The number of carbonyl (C=O) groups excluding carboxylic acids is 3. The van der Waals surface area contributed by atoms with Gasteiger partial charge in [-0.25, -0.2) is 4.98 Å². The number of aliphatic imine (C=N–C) groups is 1. The van der Waals surface area contributed by atoms with Gasteiger partial charge in [0.2, 0.25) is 17.7 Å². The van der Waals surface area contributed by atoms with E-state index in [9.17, 15) is 14.4 Å². The molecule has 3 N–H and O–H groups in total. The SMILES string of the molecule is CC(C)C1NC(=O)[C@]2(C)CSC(=N2)c2csc(n2)CNC(=O)CC(/C=C/CCSC(c2ccccc2)(c2ccccc2)c2ccccc2)NC1=O. The number of nitrogens with zero attached hydrogens (tertiary/aromatic N) is 2. The molecule has 6 rings (SSSR count). The van der Waals surface area contributed by atoms with E-state index < -0.39 is 22.4 Å². The topological polar surface area (TPSA) is 113 Å². The summed E-state index contributed by atoms with van der Waals surface area (Å²) < 4.78 is -0.439. The predicted molar refractivity (Wildman–Crippen MR) is 210 cm³/mol. The Morgan fingerprint density at radius 2 is 1.53 bits per heavy atom. The van der Waals surface area contributed by atoms with Crippen molar-refractivity contribution in [3.63, 3.8) is 0 Å². The highest BCUT2D eigenvalue weighted by atomic mass is 32.2. The van der Waals surface area contributed by atoms with Crippen molar-refractivity contribution in [3.8, 4) is 0 Å². The van der Waals surface area contributed by atoms with Crippen molar-refractivity contribution in [1.82, 2.24) is 20.9 Å². The van der Waals surface area contributed by atoms with Crippen LogP contribution in [0.25, 0.3) is 0 Å². The minimum atomic E-state index is -1.02. The first-order valence-electron chi connectivity index (χ1n) is 17.2. The van der Waals surface area contributed by atoms with Crippen molar-refractivity contribution in [2.45, 2.75) is 62.5 Å². The lowest BCUT2D eigenvalue weighted by atomic mass is 9.84. The molecule has 51 heavy (non-hydrogen) atoms. The van der Waals surface area contributed by atoms with Crippen molar-refractivity contribution in [2.75, 3.05) is 11.5 Å². The van der Waals surface area contributed by atoms with Crippen LogP contribution < -0.4 is 16.0 Å². The van der Waals surface area contributed by atoms with Crippen LogP contribution in [0.2, 0.25) is 0 Å². The summed E-state index contributed by atoms with van der Waals surface area (Å²) in [5.74, 6) is 0.199. The Labute approximate surface area is 312 Å². The van der Waals surface area contributed by atoms with Gasteiger partial charge in [0, 0.05) is 11.1 Å². The Morgan fingerprint density at radius 1 is 0.922 bits per heavy atom. The molecule has 8 nitrogen and oxygen atoms in total. The van der Waals surface area contributed by atoms with Gasteiger partial charge in [0.1, 0.15) is 27.3 Å². The third-order valence-electron chi connectivity index (χ3n) is 9.02. The Morgan fingerprint density at radius 3 is 2.12 bits per heavy atom. The summed E-state index contributed by atoms with van der Waals surface area (Å²) in [7, 11) is 0. The number of hydrogen-bond acceptors (Lipinski definition) is 8. The Bertz CT molecular complexity index is 1780. The molecule has 1 aromatic heterocycles. The van der Waals surface area contributed by atoms with Crippen LogP contribution in [0.1, 0.15) is 61.0 Å². The van der Waals surface area contributed by atoms with Gasteiger partial charge in [-0.3, -0.25) is 19.4 Å². The molecular weight excluding hydrogens is 695 g/mol. The number of carbonyl (C=O) groups is 3. The lowest BCUT2D eigenvalue weighted by Crippen LogP contribution is -2.56. The van der Waals surface area contributed by atoms with Crippen LogP contribution >= 0.6 is 34.9 Å². The van der Waals surface area contributed by atoms with Crippen LogP contribution in [-0.4, -0.2) is 56.9 Å².